The molecule has 8 atom stereocenters. The van der Waals surface area contributed by atoms with Crippen molar-refractivity contribution in [3.8, 4) is 11.5 Å². The first-order valence-electron chi connectivity index (χ1n) is 17.5. The van der Waals surface area contributed by atoms with E-state index in [2.05, 4.69) is 41.3 Å². The topological polar surface area (TPSA) is 77.5 Å². The number of nitrogens with zero attached hydrogens (tertiary/aromatic N) is 1. The van der Waals surface area contributed by atoms with Gasteiger partial charge in [-0.15, -0.1) is 0 Å². The number of hydrogen-bond donors (Lipinski definition) is 1. The lowest BCUT2D eigenvalue weighted by Gasteiger charge is -2.74. The number of unbranched alkanes of at least 4 members (excludes halogenated alkanes) is 3. The molecule has 0 amide bonds. The van der Waals surface area contributed by atoms with Crippen LogP contribution in [0.1, 0.15) is 87.8 Å². The largest absolute Gasteiger partial charge is 0.482 e. The number of aliphatic hydroxyl groups is 1. The quantitative estimate of drug-likeness (QED) is 0.253. The van der Waals surface area contributed by atoms with Crippen LogP contribution < -0.4 is 8.92 Å². The number of aliphatic hydroxyl groups excluding tert-OH is 1. The van der Waals surface area contributed by atoms with Crippen molar-refractivity contribution in [1.29, 1.82) is 0 Å². The van der Waals surface area contributed by atoms with Gasteiger partial charge in [-0.1, -0.05) is 49.2 Å². The van der Waals surface area contributed by atoms with Crippen LogP contribution in [0.3, 0.4) is 0 Å². The molecule has 8 heteroatoms. The van der Waals surface area contributed by atoms with Gasteiger partial charge in [0.2, 0.25) is 0 Å². The number of likely N-dealkylation sites (tertiary alicyclic amines) is 1. The highest BCUT2D eigenvalue weighted by molar-refractivity contribution is 7.75. The number of hydrogen-bond acceptors (Lipinski definition) is 7. The highest BCUT2D eigenvalue weighted by atomic mass is 32.2. The summed E-state index contributed by atoms with van der Waals surface area (Å²) in [5.41, 5.74) is 3.24. The molecule has 4 bridgehead atoms. The molecule has 2 heterocycles. The summed E-state index contributed by atoms with van der Waals surface area (Å²) < 4.78 is 38.3. The molecule has 9 rings (SSSR count). The normalized spacial score (nSPS) is 35.5. The van der Waals surface area contributed by atoms with Gasteiger partial charge < -0.3 is 18.8 Å². The zero-order chi connectivity index (χ0) is 30.8. The van der Waals surface area contributed by atoms with Crippen LogP contribution in [-0.4, -0.2) is 64.9 Å². The van der Waals surface area contributed by atoms with E-state index in [1.54, 1.807) is 0 Å². The molecule has 7 aliphatic rings. The second-order valence-electron chi connectivity index (χ2n) is 14.9. The molecule has 0 radical (unpaired) electrons. The number of ether oxygens (including phenoxy) is 2. The molecule has 4 saturated carbocycles. The van der Waals surface area contributed by atoms with E-state index in [4.69, 9.17) is 17.8 Å². The maximum absolute atomic E-state index is 13.1. The predicted octanol–water partition coefficient (Wildman–Crippen LogP) is 6.07. The Morgan fingerprint density at radius 2 is 1.89 bits per heavy atom. The maximum Gasteiger partial charge on any atom is 0.360 e. The first-order valence-corrected chi connectivity index (χ1v) is 18.5. The molecule has 5 aliphatic carbocycles. The van der Waals surface area contributed by atoms with Gasteiger partial charge in [-0.25, -0.2) is 0 Å². The number of aryl methyl sites for hydroxylation is 1. The van der Waals surface area contributed by atoms with E-state index in [1.807, 2.05) is 20.1 Å². The molecule has 1 saturated heterocycles. The van der Waals surface area contributed by atoms with Crippen LogP contribution >= 0.6 is 0 Å². The van der Waals surface area contributed by atoms with E-state index in [9.17, 15) is 9.32 Å². The summed E-state index contributed by atoms with van der Waals surface area (Å²) in [6.07, 6.45) is 12.2. The van der Waals surface area contributed by atoms with Gasteiger partial charge in [0.1, 0.15) is 11.7 Å². The summed E-state index contributed by atoms with van der Waals surface area (Å²) >= 11 is -1.91. The van der Waals surface area contributed by atoms with Gasteiger partial charge in [-0.05, 0) is 101 Å². The predicted molar refractivity (Wildman–Crippen MR) is 173 cm³/mol. The van der Waals surface area contributed by atoms with Crippen molar-refractivity contribution < 1.29 is 27.2 Å². The van der Waals surface area contributed by atoms with Gasteiger partial charge in [0, 0.05) is 42.0 Å². The van der Waals surface area contributed by atoms with Crippen LogP contribution in [0.2, 0.25) is 0 Å². The van der Waals surface area contributed by atoms with Gasteiger partial charge in [-0.3, -0.25) is 9.08 Å². The molecule has 2 spiro atoms. The van der Waals surface area contributed by atoms with Crippen molar-refractivity contribution in [3.63, 3.8) is 0 Å². The molecule has 2 aliphatic heterocycles. The SMILES string of the molecule is COC12CCC3(CC1C(C)O)C1Cc4ccc(OS(=O)OCCCCCCc5ccccc5)c5c4C3(CCN1CC1CC1)C2O5. The Hall–Kier alpha value is -1.97. The number of piperidine rings is 1. The zero-order valence-corrected chi connectivity index (χ0v) is 27.7. The van der Waals surface area contributed by atoms with Crippen molar-refractivity contribution in [3.05, 3.63) is 59.2 Å². The van der Waals surface area contributed by atoms with Crippen molar-refractivity contribution in [2.75, 3.05) is 26.8 Å². The first-order chi connectivity index (χ1) is 21.9. The molecule has 1 N–H and O–H groups in total. The fourth-order valence-corrected chi connectivity index (χ4v) is 11.3. The monoisotopic (exact) mass is 635 g/mol. The van der Waals surface area contributed by atoms with Gasteiger partial charge in [-0.2, -0.15) is 4.21 Å². The van der Waals surface area contributed by atoms with E-state index in [1.165, 1.54) is 36.1 Å². The second kappa shape index (κ2) is 11.6. The third kappa shape index (κ3) is 4.67. The van der Waals surface area contributed by atoms with Crippen molar-refractivity contribution in [1.82, 2.24) is 4.90 Å². The van der Waals surface area contributed by atoms with Gasteiger partial charge in [0.25, 0.3) is 0 Å². The molecule has 5 fully saturated rings. The Labute approximate surface area is 270 Å². The molecule has 244 valence electrons. The minimum atomic E-state index is -1.91. The summed E-state index contributed by atoms with van der Waals surface area (Å²) in [5.74, 6) is 2.08. The summed E-state index contributed by atoms with van der Waals surface area (Å²) in [5, 5.41) is 11.2. The summed E-state index contributed by atoms with van der Waals surface area (Å²) in [7, 11) is 1.81. The number of fused-ring (bicyclic) bond motifs is 2. The standard InChI is InChI=1S/C37H49NO6S/c1-25(39)29-23-35-17-18-37(29,41-2)34-36(35)19-20-38(24-27-13-14-27)31(35)22-28-15-16-30(33(43-34)32(28)36)44-45(40)42-21-9-4-3-6-10-26-11-7-5-8-12-26/h5,7-8,11-12,15-16,25,27,29,31,34,39H,3-4,6,9-10,13-14,17-24H2,1-2H3. The number of rotatable bonds is 14. The van der Waals surface area contributed by atoms with Crippen molar-refractivity contribution >= 4 is 11.4 Å². The fraction of sp³-hybridized carbons (Fsp3) is 0.676. The minimum Gasteiger partial charge on any atom is -0.482 e. The lowest BCUT2D eigenvalue weighted by molar-refractivity contribution is -0.288. The fourth-order valence-electron chi connectivity index (χ4n) is 10.7. The van der Waals surface area contributed by atoms with Gasteiger partial charge in [0.15, 0.2) is 11.5 Å². The molecule has 2 aromatic rings. The molecular formula is C37H49NO6S. The Balaban J connectivity index is 1.01. The Kier molecular flexibility index (Phi) is 7.84. The first kappa shape index (κ1) is 30.4. The van der Waals surface area contributed by atoms with Crippen molar-refractivity contribution in [2.45, 2.75) is 113 Å². The Bertz CT molecular complexity index is 1430. The Morgan fingerprint density at radius 1 is 1.07 bits per heavy atom. The van der Waals surface area contributed by atoms with E-state index in [0.717, 1.165) is 82.4 Å². The minimum absolute atomic E-state index is 0.00291. The van der Waals surface area contributed by atoms with Crippen LogP contribution in [0.5, 0.6) is 11.5 Å². The molecule has 8 unspecified atom stereocenters. The molecule has 7 nitrogen and oxygen atoms in total. The average Bonchev–Trinajstić information content (AvgIpc) is 3.79. The van der Waals surface area contributed by atoms with Crippen molar-refractivity contribution in [2.24, 2.45) is 17.3 Å². The second-order valence-corrected chi connectivity index (χ2v) is 15.7. The highest BCUT2D eigenvalue weighted by Gasteiger charge is 2.81. The van der Waals surface area contributed by atoms with Crippen LogP contribution in [0.15, 0.2) is 42.5 Å². The smallest absolute Gasteiger partial charge is 0.360 e. The Morgan fingerprint density at radius 3 is 2.67 bits per heavy atom. The lowest BCUT2D eigenvalue weighted by Crippen LogP contribution is -2.81. The molecule has 2 aromatic carbocycles. The van der Waals surface area contributed by atoms with Crippen LogP contribution in [0.4, 0.5) is 0 Å². The van der Waals surface area contributed by atoms with E-state index in [0.29, 0.717) is 18.4 Å². The third-order valence-electron chi connectivity index (χ3n) is 12.8. The zero-order valence-electron chi connectivity index (χ0n) is 26.9. The summed E-state index contributed by atoms with van der Waals surface area (Å²) in [6, 6.07) is 15.2. The van der Waals surface area contributed by atoms with Crippen LogP contribution in [0.25, 0.3) is 0 Å². The van der Waals surface area contributed by atoms with Gasteiger partial charge in [0.05, 0.1) is 12.7 Å². The van der Waals surface area contributed by atoms with E-state index < -0.39 is 23.1 Å². The maximum atomic E-state index is 13.1. The van der Waals surface area contributed by atoms with Gasteiger partial charge >= 0.3 is 11.4 Å². The van der Waals surface area contributed by atoms with Crippen LogP contribution in [0, 0.1) is 17.3 Å². The highest BCUT2D eigenvalue weighted by Crippen LogP contribution is 2.77. The third-order valence-corrected chi connectivity index (χ3v) is 13.5. The average molecular weight is 636 g/mol. The molecule has 0 aromatic heterocycles. The number of benzene rings is 2. The van der Waals surface area contributed by atoms with E-state index in [-0.39, 0.29) is 22.9 Å². The number of methoxy groups -OCH3 is 1. The van der Waals surface area contributed by atoms with E-state index >= 15 is 0 Å². The van der Waals surface area contributed by atoms with Crippen LogP contribution in [-0.2, 0) is 38.5 Å². The summed E-state index contributed by atoms with van der Waals surface area (Å²) in [6.45, 7) is 4.58. The summed E-state index contributed by atoms with van der Waals surface area (Å²) in [4.78, 5) is 2.81. The molecular weight excluding hydrogens is 586 g/mol. The lowest BCUT2D eigenvalue weighted by atomic mass is 9.34. The molecule has 45 heavy (non-hydrogen) atoms.